The van der Waals surface area contributed by atoms with Crippen molar-refractivity contribution in [3.63, 3.8) is 0 Å². The number of aliphatic carboxylic acids is 1. The summed E-state index contributed by atoms with van der Waals surface area (Å²) in [6.45, 7) is 1.80. The van der Waals surface area contributed by atoms with E-state index >= 15 is 0 Å². The normalized spacial score (nSPS) is 14.6. The van der Waals surface area contributed by atoms with Gasteiger partial charge in [0, 0.05) is 17.1 Å². The molecule has 2 N–H and O–H groups in total. The Morgan fingerprint density at radius 1 is 1.82 bits per heavy atom. The summed E-state index contributed by atoms with van der Waals surface area (Å²) in [7, 11) is 0. The molecule has 0 aliphatic heterocycles. The van der Waals surface area contributed by atoms with E-state index in [9.17, 15) is 4.79 Å². The molecule has 64 valence electrons. The van der Waals surface area contributed by atoms with Gasteiger partial charge in [0.15, 0.2) is 0 Å². The number of carbonyl (C=O) groups is 1. The number of hydrogen-bond acceptors (Lipinski definition) is 2. The van der Waals surface area contributed by atoms with E-state index in [1.807, 2.05) is 0 Å². The van der Waals surface area contributed by atoms with Crippen molar-refractivity contribution < 1.29 is 9.90 Å². The largest absolute Gasteiger partial charge is 0.480 e. The van der Waals surface area contributed by atoms with Crippen molar-refractivity contribution in [1.29, 1.82) is 0 Å². The fraction of sp³-hybridized carbons (Fsp3) is 0.500. The third kappa shape index (κ3) is 5.07. The molecule has 0 aromatic carbocycles. The highest BCUT2D eigenvalue weighted by atomic mass is 35.5. The number of halogens is 2. The average Bonchev–Trinajstić information content (AvgIpc) is 1.99. The van der Waals surface area contributed by atoms with Crippen LogP contribution in [0.4, 0.5) is 0 Å². The molecule has 1 atom stereocenters. The molecule has 0 radical (unpaired) electrons. The van der Waals surface area contributed by atoms with Crippen LogP contribution in [0.5, 0.6) is 0 Å². The lowest BCUT2D eigenvalue weighted by atomic mass is 10.3. The minimum absolute atomic E-state index is 0.276. The highest BCUT2D eigenvalue weighted by Gasteiger charge is 2.08. The molecule has 0 spiro atoms. The lowest BCUT2D eigenvalue weighted by molar-refractivity contribution is -0.138. The van der Waals surface area contributed by atoms with E-state index in [4.69, 9.17) is 28.3 Å². The van der Waals surface area contributed by atoms with Gasteiger partial charge in [-0.25, -0.2) is 0 Å². The minimum atomic E-state index is -0.913. The Balaban J connectivity index is 3.62. The van der Waals surface area contributed by atoms with Crippen LogP contribution in [0.15, 0.2) is 10.6 Å². The highest BCUT2D eigenvalue weighted by molar-refractivity contribution is 6.36. The third-order valence-electron chi connectivity index (χ3n) is 1.07. The van der Waals surface area contributed by atoms with Crippen molar-refractivity contribution in [2.24, 2.45) is 0 Å². The quantitative estimate of drug-likeness (QED) is 0.717. The second-order valence-electron chi connectivity index (χ2n) is 2.00. The lowest BCUT2D eigenvalue weighted by Gasteiger charge is -2.06. The Morgan fingerprint density at radius 2 is 2.36 bits per heavy atom. The molecule has 0 aliphatic carbocycles. The van der Waals surface area contributed by atoms with E-state index in [0.717, 1.165) is 0 Å². The summed E-state index contributed by atoms with van der Waals surface area (Å²) < 4.78 is 0. The summed E-state index contributed by atoms with van der Waals surface area (Å²) in [4.78, 5) is 10.2. The van der Waals surface area contributed by atoms with Gasteiger partial charge in [-0.3, -0.25) is 10.1 Å². The highest BCUT2D eigenvalue weighted by Crippen LogP contribution is 2.00. The number of rotatable bonds is 4. The van der Waals surface area contributed by atoms with Crippen LogP contribution in [0.1, 0.15) is 6.92 Å². The second kappa shape index (κ2) is 5.41. The van der Waals surface area contributed by atoms with Crippen LogP contribution >= 0.6 is 23.2 Å². The van der Waals surface area contributed by atoms with E-state index in [1.54, 1.807) is 0 Å². The summed E-state index contributed by atoms with van der Waals surface area (Å²) in [5.41, 5.74) is 1.20. The molecule has 0 fully saturated rings. The monoisotopic (exact) mass is 197 g/mol. The molecule has 0 heterocycles. The lowest BCUT2D eigenvalue weighted by Crippen LogP contribution is -2.34. The van der Waals surface area contributed by atoms with Crippen molar-refractivity contribution >= 4 is 29.2 Å². The van der Waals surface area contributed by atoms with Crippen LogP contribution in [0.25, 0.3) is 0 Å². The zero-order chi connectivity index (χ0) is 8.85. The zero-order valence-corrected chi connectivity index (χ0v) is 7.49. The summed E-state index contributed by atoms with van der Waals surface area (Å²) in [5.74, 6) is -0.913. The van der Waals surface area contributed by atoms with Crippen molar-refractivity contribution in [1.82, 2.24) is 5.32 Å². The molecule has 0 saturated carbocycles. The number of hydrogen-bond donors (Lipinski definition) is 2. The van der Waals surface area contributed by atoms with Crippen molar-refractivity contribution in [3.05, 3.63) is 10.6 Å². The predicted molar refractivity (Wildman–Crippen MR) is 44.9 cm³/mol. The zero-order valence-electron chi connectivity index (χ0n) is 5.97. The first-order chi connectivity index (χ1) is 5.07. The maximum atomic E-state index is 10.2. The number of nitrogens with one attached hydrogen (secondary N) is 1. The van der Waals surface area contributed by atoms with Gasteiger partial charge in [-0.15, -0.1) is 0 Å². The second-order valence-corrected chi connectivity index (χ2v) is 2.70. The SMILES string of the molecule is C[C@H](NC/C(Cl)=C/Cl)C(=O)O. The Kier molecular flexibility index (Phi) is 5.28. The van der Waals surface area contributed by atoms with Gasteiger partial charge in [0.05, 0.1) is 0 Å². The fourth-order valence-electron chi connectivity index (χ4n) is 0.376. The van der Waals surface area contributed by atoms with E-state index < -0.39 is 12.0 Å². The Morgan fingerprint density at radius 3 is 2.73 bits per heavy atom. The van der Waals surface area contributed by atoms with Gasteiger partial charge < -0.3 is 5.11 Å². The molecule has 0 aliphatic rings. The molecular formula is C6H9Cl2NO2. The summed E-state index contributed by atoms with van der Waals surface area (Å²) in [5, 5.41) is 11.4. The van der Waals surface area contributed by atoms with Gasteiger partial charge in [0.25, 0.3) is 0 Å². The molecule has 0 bridgehead atoms. The first-order valence-electron chi connectivity index (χ1n) is 2.99. The Labute approximate surface area is 75.0 Å². The maximum Gasteiger partial charge on any atom is 0.320 e. The topological polar surface area (TPSA) is 49.3 Å². The molecule has 0 aromatic rings. The maximum absolute atomic E-state index is 10.2. The molecule has 11 heavy (non-hydrogen) atoms. The minimum Gasteiger partial charge on any atom is -0.480 e. The van der Waals surface area contributed by atoms with Crippen LogP contribution in [0.3, 0.4) is 0 Å². The summed E-state index contributed by atoms with van der Waals surface area (Å²) in [6, 6.07) is -0.611. The van der Waals surface area contributed by atoms with Crippen molar-refractivity contribution in [3.8, 4) is 0 Å². The first-order valence-corrected chi connectivity index (χ1v) is 3.80. The van der Waals surface area contributed by atoms with Crippen LogP contribution < -0.4 is 5.32 Å². The molecule has 0 unspecified atom stereocenters. The van der Waals surface area contributed by atoms with Gasteiger partial charge >= 0.3 is 5.97 Å². The molecule has 0 saturated heterocycles. The number of carboxylic acid groups (broad SMARTS) is 1. The average molecular weight is 198 g/mol. The van der Waals surface area contributed by atoms with Gasteiger partial charge in [0.1, 0.15) is 6.04 Å². The van der Waals surface area contributed by atoms with Crippen LogP contribution in [-0.2, 0) is 4.79 Å². The molecular weight excluding hydrogens is 189 g/mol. The molecule has 5 heteroatoms. The smallest absolute Gasteiger partial charge is 0.320 e. The van der Waals surface area contributed by atoms with Gasteiger partial charge in [-0.2, -0.15) is 0 Å². The van der Waals surface area contributed by atoms with E-state index in [0.29, 0.717) is 5.03 Å². The van der Waals surface area contributed by atoms with E-state index in [1.165, 1.54) is 12.5 Å². The molecule has 3 nitrogen and oxygen atoms in total. The van der Waals surface area contributed by atoms with Gasteiger partial charge in [-0.05, 0) is 6.92 Å². The van der Waals surface area contributed by atoms with Gasteiger partial charge in [0.2, 0.25) is 0 Å². The van der Waals surface area contributed by atoms with E-state index in [2.05, 4.69) is 5.32 Å². The summed E-state index contributed by atoms with van der Waals surface area (Å²) in [6.07, 6.45) is 0. The molecule has 0 aromatic heterocycles. The van der Waals surface area contributed by atoms with Crippen molar-refractivity contribution in [2.45, 2.75) is 13.0 Å². The Hall–Kier alpha value is -0.250. The fourth-order valence-corrected chi connectivity index (χ4v) is 0.531. The van der Waals surface area contributed by atoms with Crippen LogP contribution in [-0.4, -0.2) is 23.7 Å². The standard InChI is InChI=1S/C6H9Cl2NO2/c1-4(6(10)11)9-3-5(8)2-7/h2,4,9H,3H2,1H3,(H,10,11)/b5-2-/t4-/m0/s1. The summed E-state index contributed by atoms with van der Waals surface area (Å²) >= 11 is 10.7. The molecule has 0 rings (SSSR count). The molecule has 0 amide bonds. The van der Waals surface area contributed by atoms with Gasteiger partial charge in [-0.1, -0.05) is 23.2 Å². The first kappa shape index (κ1) is 10.8. The third-order valence-corrected chi connectivity index (χ3v) is 1.68. The predicted octanol–water partition coefficient (Wildman–Crippen LogP) is 1.37. The van der Waals surface area contributed by atoms with Crippen LogP contribution in [0.2, 0.25) is 0 Å². The number of carboxylic acids is 1. The van der Waals surface area contributed by atoms with E-state index in [-0.39, 0.29) is 6.54 Å². The Bertz CT molecular complexity index is 170. The van der Waals surface area contributed by atoms with Crippen molar-refractivity contribution in [2.75, 3.05) is 6.54 Å². The van der Waals surface area contributed by atoms with Crippen LogP contribution in [0, 0.1) is 0 Å².